The fourth-order valence-corrected chi connectivity index (χ4v) is 3.64. The Balaban J connectivity index is 1.88. The lowest BCUT2D eigenvalue weighted by atomic mass is 10.1. The largest absolute Gasteiger partial charge is 0.416 e. The fraction of sp³-hybridized carbons (Fsp3) is 0.263. The minimum Gasteiger partial charge on any atom is -0.284 e. The van der Waals surface area contributed by atoms with Crippen molar-refractivity contribution in [3.63, 3.8) is 0 Å². The third kappa shape index (κ3) is 5.47. The van der Waals surface area contributed by atoms with Gasteiger partial charge in [-0.3, -0.25) is 14.8 Å². The number of alkyl halides is 6. The summed E-state index contributed by atoms with van der Waals surface area (Å²) in [5, 5.41) is -0.135. The van der Waals surface area contributed by atoms with Crippen LogP contribution in [0.1, 0.15) is 11.1 Å². The third-order valence-electron chi connectivity index (χ3n) is 4.10. The molecule has 2 aromatic rings. The maximum atomic E-state index is 13.0. The number of aliphatic imine (C=N–C) groups is 1. The van der Waals surface area contributed by atoms with Gasteiger partial charge in [-0.25, -0.2) is 4.79 Å². The number of amidine groups is 1. The summed E-state index contributed by atoms with van der Waals surface area (Å²) in [5.74, 6) is 0.0586. The average Bonchev–Trinajstić information content (AvgIpc) is 2.68. The van der Waals surface area contributed by atoms with Crippen molar-refractivity contribution in [1.29, 1.82) is 0 Å². The summed E-state index contributed by atoms with van der Waals surface area (Å²) in [4.78, 5) is 18.9. The van der Waals surface area contributed by atoms with E-state index in [1.165, 1.54) is 17.0 Å². The molecule has 1 saturated heterocycles. The number of nitrogens with zero attached hydrogens (tertiary/aromatic N) is 3. The molecule has 0 atom stereocenters. The minimum absolute atomic E-state index is 0.0586. The van der Waals surface area contributed by atoms with Crippen LogP contribution < -0.4 is 4.90 Å². The number of para-hydroxylation sites is 1. The van der Waals surface area contributed by atoms with E-state index < -0.39 is 30.5 Å². The first kappa shape index (κ1) is 22.0. The van der Waals surface area contributed by atoms with Crippen LogP contribution in [0.5, 0.6) is 0 Å². The van der Waals surface area contributed by atoms with Crippen molar-refractivity contribution in [2.75, 3.05) is 17.3 Å². The summed E-state index contributed by atoms with van der Waals surface area (Å²) in [5.41, 5.74) is 0.0105. The van der Waals surface area contributed by atoms with Crippen LogP contribution in [0.15, 0.2) is 59.6 Å². The second-order valence-electron chi connectivity index (χ2n) is 6.31. The maximum absolute atomic E-state index is 13.0. The van der Waals surface area contributed by atoms with Gasteiger partial charge in [0.05, 0.1) is 18.0 Å². The van der Waals surface area contributed by atoms with Gasteiger partial charge in [0.2, 0.25) is 0 Å². The van der Waals surface area contributed by atoms with E-state index in [1.54, 1.807) is 30.3 Å². The molecule has 1 fully saturated rings. The van der Waals surface area contributed by atoms with Crippen LogP contribution in [0, 0.1) is 0 Å². The number of hydrogen-bond acceptors (Lipinski definition) is 3. The van der Waals surface area contributed by atoms with Crippen LogP contribution in [0.4, 0.5) is 36.8 Å². The molecular weight excluding hydrogens is 432 g/mol. The van der Waals surface area contributed by atoms with Gasteiger partial charge in [0.15, 0.2) is 5.17 Å². The summed E-state index contributed by atoms with van der Waals surface area (Å²) in [6.07, 6.45) is -9.06. The Hall–Kier alpha value is -2.69. The van der Waals surface area contributed by atoms with Crippen LogP contribution in [0.25, 0.3) is 0 Å². The van der Waals surface area contributed by atoms with Crippen LogP contribution in [-0.4, -0.2) is 34.7 Å². The molecule has 0 bridgehead atoms. The fourth-order valence-electron chi connectivity index (χ4n) is 2.68. The Bertz CT molecular complexity index is 913. The van der Waals surface area contributed by atoms with E-state index in [-0.39, 0.29) is 17.6 Å². The highest BCUT2D eigenvalue weighted by atomic mass is 32.2. The molecule has 0 aliphatic carbocycles. The molecule has 30 heavy (non-hydrogen) atoms. The number of benzene rings is 2. The molecule has 0 spiro atoms. The van der Waals surface area contributed by atoms with Crippen molar-refractivity contribution >= 4 is 28.6 Å². The van der Waals surface area contributed by atoms with Crippen molar-refractivity contribution in [3.8, 4) is 0 Å². The SMILES string of the molecule is O=C1N(Cc2ccc(C(F)(F)F)cc2)C(=NCC(F)(F)F)SCN1c1ccccc1. The Morgan fingerprint density at radius 1 is 0.933 bits per heavy atom. The summed E-state index contributed by atoms with van der Waals surface area (Å²) in [7, 11) is 0. The molecule has 1 heterocycles. The zero-order valence-corrected chi connectivity index (χ0v) is 16.1. The van der Waals surface area contributed by atoms with Crippen LogP contribution in [0.3, 0.4) is 0 Å². The Labute approximate surface area is 172 Å². The number of hydrogen-bond donors (Lipinski definition) is 0. The van der Waals surface area contributed by atoms with Gasteiger partial charge in [-0.05, 0) is 29.8 Å². The predicted octanol–water partition coefficient (Wildman–Crippen LogP) is 5.76. The van der Waals surface area contributed by atoms with Gasteiger partial charge in [-0.2, -0.15) is 26.3 Å². The first-order valence-electron chi connectivity index (χ1n) is 8.59. The first-order chi connectivity index (χ1) is 14.0. The molecule has 3 rings (SSSR count). The number of halogens is 6. The highest BCUT2D eigenvalue weighted by Gasteiger charge is 2.35. The maximum Gasteiger partial charge on any atom is 0.416 e. The highest BCUT2D eigenvalue weighted by molar-refractivity contribution is 8.14. The number of carbonyl (C=O) groups excluding carboxylic acids is 1. The van der Waals surface area contributed by atoms with E-state index >= 15 is 0 Å². The zero-order valence-electron chi connectivity index (χ0n) is 15.2. The molecule has 11 heteroatoms. The molecule has 2 amide bonds. The lowest BCUT2D eigenvalue weighted by Crippen LogP contribution is -2.50. The summed E-state index contributed by atoms with van der Waals surface area (Å²) >= 11 is 0.946. The summed E-state index contributed by atoms with van der Waals surface area (Å²) < 4.78 is 76.1. The van der Waals surface area contributed by atoms with Crippen LogP contribution >= 0.6 is 11.8 Å². The lowest BCUT2D eigenvalue weighted by molar-refractivity contribution is -0.137. The molecule has 4 nitrogen and oxygen atoms in total. The molecule has 0 radical (unpaired) electrons. The number of urea groups is 1. The summed E-state index contributed by atoms with van der Waals surface area (Å²) in [6.45, 7) is -1.68. The second kappa shape index (κ2) is 8.58. The number of carbonyl (C=O) groups is 1. The molecule has 0 saturated carbocycles. The number of thioether (sulfide) groups is 1. The van der Waals surface area contributed by atoms with Crippen LogP contribution in [0.2, 0.25) is 0 Å². The van der Waals surface area contributed by atoms with Gasteiger partial charge in [0, 0.05) is 5.69 Å². The number of anilines is 1. The van der Waals surface area contributed by atoms with Crippen molar-refractivity contribution in [1.82, 2.24) is 4.90 Å². The number of rotatable bonds is 4. The van der Waals surface area contributed by atoms with Gasteiger partial charge in [-0.15, -0.1) is 0 Å². The van der Waals surface area contributed by atoms with Crippen molar-refractivity contribution < 1.29 is 31.1 Å². The average molecular weight is 447 g/mol. The van der Waals surface area contributed by atoms with Crippen molar-refractivity contribution in [2.45, 2.75) is 18.9 Å². The molecule has 1 aliphatic heterocycles. The van der Waals surface area contributed by atoms with E-state index in [4.69, 9.17) is 0 Å². The normalized spacial score (nSPS) is 17.0. The monoisotopic (exact) mass is 447 g/mol. The number of amides is 2. The molecule has 0 N–H and O–H groups in total. The zero-order chi connectivity index (χ0) is 21.9. The summed E-state index contributed by atoms with van der Waals surface area (Å²) in [6, 6.07) is 12.0. The minimum atomic E-state index is -4.55. The van der Waals surface area contributed by atoms with E-state index in [9.17, 15) is 31.1 Å². The Morgan fingerprint density at radius 2 is 1.57 bits per heavy atom. The van der Waals surface area contributed by atoms with Crippen molar-refractivity contribution in [3.05, 3.63) is 65.7 Å². The Morgan fingerprint density at radius 3 is 2.13 bits per heavy atom. The van der Waals surface area contributed by atoms with E-state index in [0.29, 0.717) is 11.3 Å². The van der Waals surface area contributed by atoms with Gasteiger partial charge < -0.3 is 0 Å². The molecule has 2 aromatic carbocycles. The lowest BCUT2D eigenvalue weighted by Gasteiger charge is -2.36. The Kier molecular flexibility index (Phi) is 6.30. The topological polar surface area (TPSA) is 35.9 Å². The van der Waals surface area contributed by atoms with E-state index in [0.717, 1.165) is 28.8 Å². The molecule has 160 valence electrons. The van der Waals surface area contributed by atoms with Gasteiger partial charge in [-0.1, -0.05) is 42.1 Å². The molecule has 1 aliphatic rings. The highest BCUT2D eigenvalue weighted by Crippen LogP contribution is 2.31. The predicted molar refractivity (Wildman–Crippen MR) is 102 cm³/mol. The van der Waals surface area contributed by atoms with E-state index in [2.05, 4.69) is 4.99 Å². The van der Waals surface area contributed by atoms with Gasteiger partial charge in [0.25, 0.3) is 0 Å². The standard InChI is InChI=1S/C19H15F6N3OS/c20-18(21,22)11-26-16-27(10-13-6-8-14(9-7-13)19(23,24)25)17(29)28(12-30-16)15-4-2-1-3-5-15/h1-9H,10-12H2. The van der Waals surface area contributed by atoms with Crippen molar-refractivity contribution in [2.24, 2.45) is 4.99 Å². The smallest absolute Gasteiger partial charge is 0.284 e. The molecule has 0 unspecified atom stereocenters. The third-order valence-corrected chi connectivity index (χ3v) is 5.09. The van der Waals surface area contributed by atoms with Crippen LogP contribution in [-0.2, 0) is 12.7 Å². The van der Waals surface area contributed by atoms with E-state index in [1.807, 2.05) is 0 Å². The molecule has 0 aromatic heterocycles. The first-order valence-corrected chi connectivity index (χ1v) is 9.57. The van der Waals surface area contributed by atoms with Gasteiger partial charge >= 0.3 is 18.4 Å². The second-order valence-corrected chi connectivity index (χ2v) is 7.23. The quantitative estimate of drug-likeness (QED) is 0.559. The molecular formula is C19H15F6N3OS. The van der Waals surface area contributed by atoms with Gasteiger partial charge in [0.1, 0.15) is 6.54 Å².